The van der Waals surface area contributed by atoms with E-state index in [9.17, 15) is 24.3 Å². The molecule has 3 atom stereocenters. The third kappa shape index (κ3) is 13.4. The van der Waals surface area contributed by atoms with Crippen LogP contribution in [-0.4, -0.2) is 81.4 Å². The van der Waals surface area contributed by atoms with Crippen LogP contribution in [-0.2, 0) is 33.4 Å². The number of carbonyl (C=O) groups is 4. The third-order valence-electron chi connectivity index (χ3n) is 6.67. The van der Waals surface area contributed by atoms with Gasteiger partial charge < -0.3 is 30.0 Å². The monoisotopic (exact) mass is 530 g/mol. The molecule has 0 bridgehead atoms. The van der Waals surface area contributed by atoms with E-state index in [-0.39, 0.29) is 56.3 Å². The molecule has 0 saturated heterocycles. The molecular weight excluding hydrogens is 480 g/mol. The Kier molecular flexibility index (Phi) is 15.8. The van der Waals surface area contributed by atoms with Gasteiger partial charge in [0, 0.05) is 24.5 Å². The first-order valence-corrected chi connectivity index (χ1v) is 13.1. The molecule has 37 heavy (non-hydrogen) atoms. The molecule has 0 radical (unpaired) electrons. The highest BCUT2D eigenvalue weighted by Gasteiger charge is 2.42. The van der Waals surface area contributed by atoms with Crippen molar-refractivity contribution in [2.75, 3.05) is 46.6 Å². The summed E-state index contributed by atoms with van der Waals surface area (Å²) in [5, 5.41) is 15.1. The van der Waals surface area contributed by atoms with E-state index in [2.05, 4.69) is 10.6 Å². The number of carbonyl (C=O) groups excluding carboxylic acids is 4. The summed E-state index contributed by atoms with van der Waals surface area (Å²) in [4.78, 5) is 50.1. The molecule has 0 rings (SSSR count). The predicted molar refractivity (Wildman–Crippen MR) is 141 cm³/mol. The number of aliphatic hydroxyl groups is 1. The smallest absolute Gasteiger partial charge is 0.311 e. The number of esters is 1. The Balaban J connectivity index is 5.33. The van der Waals surface area contributed by atoms with Crippen molar-refractivity contribution >= 4 is 23.6 Å². The molecule has 0 saturated carbocycles. The van der Waals surface area contributed by atoms with E-state index in [0.717, 1.165) is 0 Å². The molecule has 0 fully saturated rings. The zero-order chi connectivity index (χ0) is 28.7. The average molecular weight is 531 g/mol. The first-order valence-electron chi connectivity index (χ1n) is 13.1. The van der Waals surface area contributed by atoms with Crippen molar-refractivity contribution in [3.8, 4) is 0 Å². The quantitative estimate of drug-likeness (QED) is 0.161. The number of aliphatic hydroxyl groups excluding tert-OH is 1. The number of nitrogens with one attached hydrogen (secondary N) is 2. The molecule has 0 aromatic heterocycles. The Hall–Kier alpha value is -2.04. The maximum Gasteiger partial charge on any atom is 0.311 e. The van der Waals surface area contributed by atoms with Crippen LogP contribution in [0.2, 0.25) is 0 Å². The molecule has 0 aliphatic rings. The summed E-state index contributed by atoms with van der Waals surface area (Å²) in [7, 11) is 1.59. The number of Topliss-reactive ketones (excluding diaryl/α,β-unsaturated/α-hetero) is 1. The lowest BCUT2D eigenvalue weighted by atomic mass is 9.69. The SMILES string of the molecule is CCC(C)(CCCC(C)(CC(C)(C)C(=O)NCC(C)=O)C(=O)NCC(C)O)C(=O)OCCOCCOC. The Bertz CT molecular complexity index is 740. The minimum atomic E-state index is -0.945. The fraction of sp³-hybridized carbons (Fsp3) is 0.852. The van der Waals surface area contributed by atoms with Crippen LogP contribution in [0.25, 0.3) is 0 Å². The van der Waals surface area contributed by atoms with Crippen molar-refractivity contribution in [3.63, 3.8) is 0 Å². The van der Waals surface area contributed by atoms with Gasteiger partial charge in [0.1, 0.15) is 12.4 Å². The Morgan fingerprint density at radius 1 is 0.892 bits per heavy atom. The third-order valence-corrected chi connectivity index (χ3v) is 6.67. The predicted octanol–water partition coefficient (Wildman–Crippen LogP) is 2.40. The van der Waals surface area contributed by atoms with Crippen LogP contribution in [0.5, 0.6) is 0 Å². The van der Waals surface area contributed by atoms with Crippen molar-refractivity contribution in [2.24, 2.45) is 16.2 Å². The van der Waals surface area contributed by atoms with Crippen LogP contribution in [0.4, 0.5) is 0 Å². The standard InChI is InChI=1S/C27H50N2O8/c1-9-26(6,24(34)37-16-15-36-14-13-35-8)11-10-12-27(7,23(33)29-18-21(3)31)19-25(4,5)22(32)28-17-20(2)30/h21,31H,9-19H2,1-8H3,(H,28,32)(H,29,33). The fourth-order valence-corrected chi connectivity index (χ4v) is 4.14. The molecule has 3 unspecified atom stereocenters. The van der Waals surface area contributed by atoms with Crippen LogP contribution in [0.3, 0.4) is 0 Å². The van der Waals surface area contributed by atoms with Crippen LogP contribution < -0.4 is 10.6 Å². The van der Waals surface area contributed by atoms with Gasteiger partial charge in [-0.25, -0.2) is 0 Å². The number of ketones is 1. The van der Waals surface area contributed by atoms with Crippen LogP contribution >= 0.6 is 0 Å². The molecule has 216 valence electrons. The highest BCUT2D eigenvalue weighted by Crippen LogP contribution is 2.40. The highest BCUT2D eigenvalue weighted by atomic mass is 16.6. The maximum atomic E-state index is 13.2. The van der Waals surface area contributed by atoms with E-state index in [1.165, 1.54) is 6.92 Å². The molecule has 0 spiro atoms. The molecule has 0 aromatic carbocycles. The number of hydrogen-bond acceptors (Lipinski definition) is 8. The van der Waals surface area contributed by atoms with Gasteiger partial charge in [0.2, 0.25) is 11.8 Å². The zero-order valence-corrected chi connectivity index (χ0v) is 24.2. The summed E-state index contributed by atoms with van der Waals surface area (Å²) in [6.45, 7) is 13.4. The van der Waals surface area contributed by atoms with E-state index >= 15 is 0 Å². The van der Waals surface area contributed by atoms with E-state index in [1.54, 1.807) is 34.8 Å². The molecule has 2 amide bonds. The van der Waals surface area contributed by atoms with E-state index in [1.807, 2.05) is 13.8 Å². The Morgan fingerprint density at radius 2 is 1.49 bits per heavy atom. The lowest BCUT2D eigenvalue weighted by molar-refractivity contribution is -0.157. The second kappa shape index (κ2) is 16.7. The number of rotatable bonds is 20. The van der Waals surface area contributed by atoms with Crippen molar-refractivity contribution in [1.29, 1.82) is 0 Å². The highest BCUT2D eigenvalue weighted by molar-refractivity contribution is 5.88. The Morgan fingerprint density at radius 3 is 2.03 bits per heavy atom. The summed E-state index contributed by atoms with van der Waals surface area (Å²) in [5.41, 5.74) is -2.60. The lowest BCUT2D eigenvalue weighted by Crippen LogP contribution is -2.48. The second-order valence-electron chi connectivity index (χ2n) is 11.1. The minimum absolute atomic E-state index is 0.0679. The van der Waals surface area contributed by atoms with E-state index in [0.29, 0.717) is 38.9 Å². The van der Waals surface area contributed by atoms with Gasteiger partial charge in [-0.2, -0.15) is 0 Å². The van der Waals surface area contributed by atoms with Gasteiger partial charge in [-0.05, 0) is 46.5 Å². The summed E-state index contributed by atoms with van der Waals surface area (Å²) >= 11 is 0. The number of amides is 2. The zero-order valence-electron chi connectivity index (χ0n) is 24.2. The Labute approximate surface area is 222 Å². The summed E-state index contributed by atoms with van der Waals surface area (Å²) in [5.74, 6) is -1.05. The molecular formula is C27H50N2O8. The molecule has 0 aliphatic heterocycles. The average Bonchev–Trinajstić information content (AvgIpc) is 2.82. The topological polar surface area (TPSA) is 140 Å². The first kappa shape index (κ1) is 35.0. The van der Waals surface area contributed by atoms with Gasteiger partial charge >= 0.3 is 5.97 Å². The van der Waals surface area contributed by atoms with Crippen LogP contribution in [0.15, 0.2) is 0 Å². The normalized spacial score (nSPS) is 15.7. The minimum Gasteiger partial charge on any atom is -0.463 e. The lowest BCUT2D eigenvalue weighted by Gasteiger charge is -2.36. The molecule has 3 N–H and O–H groups in total. The molecule has 0 aromatic rings. The van der Waals surface area contributed by atoms with Crippen LogP contribution in [0, 0.1) is 16.2 Å². The van der Waals surface area contributed by atoms with Crippen molar-refractivity contribution in [1.82, 2.24) is 10.6 Å². The number of hydrogen-bond donors (Lipinski definition) is 3. The largest absolute Gasteiger partial charge is 0.463 e. The van der Waals surface area contributed by atoms with E-state index in [4.69, 9.17) is 14.2 Å². The number of methoxy groups -OCH3 is 1. The summed E-state index contributed by atoms with van der Waals surface area (Å²) in [6.07, 6.45) is 1.56. The molecule has 10 heteroatoms. The summed E-state index contributed by atoms with van der Waals surface area (Å²) < 4.78 is 15.7. The fourth-order valence-electron chi connectivity index (χ4n) is 4.14. The van der Waals surface area contributed by atoms with Crippen molar-refractivity contribution < 1.29 is 38.5 Å². The molecule has 0 heterocycles. The first-order chi connectivity index (χ1) is 17.1. The number of ether oxygens (including phenoxy) is 3. The van der Waals surface area contributed by atoms with Gasteiger partial charge in [-0.3, -0.25) is 19.2 Å². The van der Waals surface area contributed by atoms with Gasteiger partial charge in [-0.15, -0.1) is 0 Å². The van der Waals surface area contributed by atoms with Crippen molar-refractivity contribution in [3.05, 3.63) is 0 Å². The van der Waals surface area contributed by atoms with Gasteiger partial charge in [-0.1, -0.05) is 34.1 Å². The van der Waals surface area contributed by atoms with Crippen molar-refractivity contribution in [2.45, 2.75) is 86.7 Å². The van der Waals surface area contributed by atoms with Gasteiger partial charge in [0.05, 0.1) is 37.9 Å². The maximum absolute atomic E-state index is 13.2. The van der Waals surface area contributed by atoms with E-state index < -0.39 is 22.3 Å². The van der Waals surface area contributed by atoms with Gasteiger partial charge in [0.25, 0.3) is 0 Å². The van der Waals surface area contributed by atoms with Gasteiger partial charge in [0.15, 0.2) is 0 Å². The molecule has 0 aliphatic carbocycles. The molecule has 10 nitrogen and oxygen atoms in total. The van der Waals surface area contributed by atoms with Crippen LogP contribution in [0.1, 0.15) is 80.6 Å². The second-order valence-corrected chi connectivity index (χ2v) is 11.1. The summed E-state index contributed by atoms with van der Waals surface area (Å²) in [6, 6.07) is 0.